The lowest BCUT2D eigenvalue weighted by atomic mass is 10.3. The summed E-state index contributed by atoms with van der Waals surface area (Å²) in [5.74, 6) is 0. The van der Waals surface area contributed by atoms with Crippen LogP contribution in [0.5, 0.6) is 0 Å². The van der Waals surface area contributed by atoms with Gasteiger partial charge in [-0.1, -0.05) is 11.6 Å². The lowest BCUT2D eigenvalue weighted by molar-refractivity contribution is -0.384. The zero-order chi connectivity index (χ0) is 12.1. The van der Waals surface area contributed by atoms with Gasteiger partial charge in [0.1, 0.15) is 0 Å². The van der Waals surface area contributed by atoms with Crippen LogP contribution in [-0.4, -0.2) is 37.0 Å². The Labute approximate surface area is 111 Å². The largest absolute Gasteiger partial charge is 0.383 e. The lowest BCUT2D eigenvalue weighted by Gasteiger charge is -2.12. The number of rotatable bonds is 5. The molecule has 0 bridgehead atoms. The van der Waals surface area contributed by atoms with Crippen LogP contribution in [0.1, 0.15) is 0 Å². The number of benzene rings is 1. The number of halogens is 2. The molecule has 7 heteroatoms. The number of hydrogen-bond acceptors (Lipinski definition) is 4. The van der Waals surface area contributed by atoms with Gasteiger partial charge in [0.05, 0.1) is 15.6 Å². The second kappa shape index (κ2) is 7.32. The minimum absolute atomic E-state index is 0. The van der Waals surface area contributed by atoms with Crippen molar-refractivity contribution >= 4 is 35.4 Å². The highest BCUT2D eigenvalue weighted by Gasteiger charge is 2.08. The molecule has 0 atom stereocenters. The third-order valence-electron chi connectivity index (χ3n) is 2.04. The van der Waals surface area contributed by atoms with Crippen molar-refractivity contribution < 1.29 is 4.92 Å². The van der Waals surface area contributed by atoms with E-state index in [0.29, 0.717) is 10.7 Å². The summed E-state index contributed by atoms with van der Waals surface area (Å²) < 4.78 is 0. The van der Waals surface area contributed by atoms with Crippen molar-refractivity contribution in [2.45, 2.75) is 0 Å². The van der Waals surface area contributed by atoms with Gasteiger partial charge in [0.25, 0.3) is 5.69 Å². The van der Waals surface area contributed by atoms with E-state index in [1.807, 2.05) is 19.0 Å². The Morgan fingerprint density at radius 2 is 2.12 bits per heavy atom. The van der Waals surface area contributed by atoms with Gasteiger partial charge in [-0.3, -0.25) is 10.1 Å². The van der Waals surface area contributed by atoms with E-state index in [1.165, 1.54) is 12.1 Å². The third-order valence-corrected chi connectivity index (χ3v) is 2.35. The Morgan fingerprint density at radius 3 is 2.59 bits per heavy atom. The first kappa shape index (κ1) is 16.0. The maximum Gasteiger partial charge on any atom is 0.271 e. The molecule has 5 nitrogen and oxygen atoms in total. The summed E-state index contributed by atoms with van der Waals surface area (Å²) in [6.07, 6.45) is 0. The monoisotopic (exact) mass is 279 g/mol. The van der Waals surface area contributed by atoms with Crippen molar-refractivity contribution in [3.05, 3.63) is 33.3 Å². The Bertz CT molecular complexity index is 386. The molecule has 0 aromatic heterocycles. The van der Waals surface area contributed by atoms with E-state index < -0.39 is 4.92 Å². The third kappa shape index (κ3) is 5.21. The van der Waals surface area contributed by atoms with Crippen LogP contribution in [0, 0.1) is 10.1 Å². The van der Waals surface area contributed by atoms with E-state index in [-0.39, 0.29) is 18.1 Å². The van der Waals surface area contributed by atoms with Gasteiger partial charge in [-0.25, -0.2) is 0 Å². The van der Waals surface area contributed by atoms with Crippen molar-refractivity contribution in [1.82, 2.24) is 4.90 Å². The van der Waals surface area contributed by atoms with E-state index in [1.54, 1.807) is 6.07 Å². The van der Waals surface area contributed by atoms with Crippen LogP contribution in [0.2, 0.25) is 5.02 Å². The van der Waals surface area contributed by atoms with Crippen molar-refractivity contribution in [2.24, 2.45) is 0 Å². The molecular formula is C10H15Cl2N3O2. The Kier molecular flexibility index (Phi) is 6.87. The Hall–Kier alpha value is -1.04. The molecule has 0 unspecified atom stereocenters. The molecule has 0 amide bonds. The highest BCUT2D eigenvalue weighted by atomic mass is 35.5. The second-order valence-corrected chi connectivity index (χ2v) is 4.06. The number of anilines is 1. The van der Waals surface area contributed by atoms with Crippen LogP contribution in [0.3, 0.4) is 0 Å². The standard InChI is InChI=1S/C10H14ClN3O2.ClH/c1-13(2)6-5-12-10-4-3-8(14(15)16)7-9(10)11;/h3-4,7,12H,5-6H2,1-2H3;1H. The van der Waals surface area contributed by atoms with Crippen LogP contribution in [0.15, 0.2) is 18.2 Å². The zero-order valence-corrected chi connectivity index (χ0v) is 11.2. The van der Waals surface area contributed by atoms with Crippen LogP contribution in [0.4, 0.5) is 11.4 Å². The Balaban J connectivity index is 0.00000256. The molecule has 0 aliphatic heterocycles. The quantitative estimate of drug-likeness (QED) is 0.665. The van der Waals surface area contributed by atoms with Crippen molar-refractivity contribution in [3.8, 4) is 0 Å². The zero-order valence-electron chi connectivity index (χ0n) is 9.64. The van der Waals surface area contributed by atoms with Gasteiger partial charge >= 0.3 is 0 Å². The molecule has 0 aliphatic carbocycles. The van der Waals surface area contributed by atoms with Crippen LogP contribution in [0.25, 0.3) is 0 Å². The molecule has 0 saturated carbocycles. The molecule has 0 saturated heterocycles. The van der Waals surface area contributed by atoms with Gasteiger partial charge < -0.3 is 10.2 Å². The van der Waals surface area contributed by atoms with Crippen molar-refractivity contribution in [1.29, 1.82) is 0 Å². The first-order valence-electron chi connectivity index (χ1n) is 4.83. The van der Waals surface area contributed by atoms with Gasteiger partial charge in [0.2, 0.25) is 0 Å². The maximum atomic E-state index is 10.5. The molecule has 0 aliphatic rings. The van der Waals surface area contributed by atoms with Crippen LogP contribution in [-0.2, 0) is 0 Å². The maximum absolute atomic E-state index is 10.5. The number of nitrogens with zero attached hydrogens (tertiary/aromatic N) is 2. The summed E-state index contributed by atoms with van der Waals surface area (Å²) in [6.45, 7) is 1.61. The van der Waals surface area contributed by atoms with E-state index in [9.17, 15) is 10.1 Å². The van der Waals surface area contributed by atoms with Gasteiger partial charge in [-0.05, 0) is 20.2 Å². The molecule has 96 valence electrons. The molecule has 1 aromatic carbocycles. The highest BCUT2D eigenvalue weighted by molar-refractivity contribution is 6.33. The molecule has 17 heavy (non-hydrogen) atoms. The fourth-order valence-electron chi connectivity index (χ4n) is 1.18. The molecule has 1 rings (SSSR count). The number of nitrogens with one attached hydrogen (secondary N) is 1. The van der Waals surface area contributed by atoms with E-state index in [2.05, 4.69) is 5.32 Å². The average molecular weight is 280 g/mol. The lowest BCUT2D eigenvalue weighted by Crippen LogP contribution is -2.20. The number of nitro benzene ring substituents is 1. The predicted octanol–water partition coefficient (Wildman–Crippen LogP) is 2.64. The summed E-state index contributed by atoms with van der Waals surface area (Å²) in [5.41, 5.74) is 0.720. The molecule has 0 heterocycles. The molecular weight excluding hydrogens is 265 g/mol. The normalized spacial score (nSPS) is 9.88. The molecule has 0 spiro atoms. The first-order valence-corrected chi connectivity index (χ1v) is 5.21. The summed E-state index contributed by atoms with van der Waals surface area (Å²) >= 11 is 5.91. The molecule has 0 radical (unpaired) electrons. The second-order valence-electron chi connectivity index (χ2n) is 3.65. The summed E-state index contributed by atoms with van der Waals surface area (Å²) in [7, 11) is 3.94. The number of non-ortho nitro benzene ring substituents is 1. The molecule has 0 fully saturated rings. The fraction of sp³-hybridized carbons (Fsp3) is 0.400. The van der Waals surface area contributed by atoms with Gasteiger partial charge in [0.15, 0.2) is 0 Å². The van der Waals surface area contributed by atoms with E-state index in [4.69, 9.17) is 11.6 Å². The van der Waals surface area contributed by atoms with Gasteiger partial charge in [-0.2, -0.15) is 0 Å². The first-order chi connectivity index (χ1) is 7.50. The van der Waals surface area contributed by atoms with E-state index >= 15 is 0 Å². The summed E-state index contributed by atoms with van der Waals surface area (Å²) in [5, 5.41) is 14.0. The fourth-order valence-corrected chi connectivity index (χ4v) is 1.42. The molecule has 1 N–H and O–H groups in total. The number of nitro groups is 1. The topological polar surface area (TPSA) is 58.4 Å². The minimum atomic E-state index is -0.463. The predicted molar refractivity (Wildman–Crippen MR) is 72.4 cm³/mol. The van der Waals surface area contributed by atoms with Crippen LogP contribution < -0.4 is 5.32 Å². The van der Waals surface area contributed by atoms with Crippen molar-refractivity contribution in [2.75, 3.05) is 32.5 Å². The van der Waals surface area contributed by atoms with Gasteiger partial charge in [-0.15, -0.1) is 12.4 Å². The van der Waals surface area contributed by atoms with Gasteiger partial charge in [0, 0.05) is 25.2 Å². The van der Waals surface area contributed by atoms with Crippen LogP contribution >= 0.6 is 24.0 Å². The minimum Gasteiger partial charge on any atom is -0.383 e. The number of hydrogen-bond donors (Lipinski definition) is 1. The SMILES string of the molecule is CN(C)CCNc1ccc([N+](=O)[O-])cc1Cl.Cl. The average Bonchev–Trinajstić information content (AvgIpc) is 2.19. The van der Waals surface area contributed by atoms with Crippen molar-refractivity contribution in [3.63, 3.8) is 0 Å². The smallest absolute Gasteiger partial charge is 0.271 e. The Morgan fingerprint density at radius 1 is 1.47 bits per heavy atom. The van der Waals surface area contributed by atoms with E-state index in [0.717, 1.165) is 13.1 Å². The summed E-state index contributed by atoms with van der Waals surface area (Å²) in [6, 6.07) is 4.40. The highest BCUT2D eigenvalue weighted by Crippen LogP contribution is 2.26. The summed E-state index contributed by atoms with van der Waals surface area (Å²) in [4.78, 5) is 12.1. The number of likely N-dealkylation sites (N-methyl/N-ethyl adjacent to an activating group) is 1. The molecule has 1 aromatic rings.